The molecule has 3 nitrogen and oxygen atoms in total. The minimum absolute atomic E-state index is 0.805. The summed E-state index contributed by atoms with van der Waals surface area (Å²) in [5.41, 5.74) is 1.17. The van der Waals surface area contributed by atoms with Crippen molar-refractivity contribution in [3.8, 4) is 5.75 Å². The van der Waals surface area contributed by atoms with E-state index < -0.39 is 0 Å². The standard InChI is InChI=1S/C15H18BrNO2/c1-3-17(11-14-5-4-8-19-14)10-12-9-13(16)6-7-15(12)18-2/h4-9H,3,10-11H2,1-2H3. The molecule has 0 spiro atoms. The zero-order chi connectivity index (χ0) is 13.7. The number of halogens is 1. The first-order valence-corrected chi connectivity index (χ1v) is 7.09. The summed E-state index contributed by atoms with van der Waals surface area (Å²) < 4.78 is 11.9. The quantitative estimate of drug-likeness (QED) is 0.801. The van der Waals surface area contributed by atoms with E-state index in [2.05, 4.69) is 33.8 Å². The molecule has 1 aromatic carbocycles. The fraction of sp³-hybridized carbons (Fsp3) is 0.333. The SMILES string of the molecule is CCN(Cc1ccco1)Cc1cc(Br)ccc1OC. The van der Waals surface area contributed by atoms with Crippen LogP contribution in [-0.2, 0) is 13.1 Å². The Bertz CT molecular complexity index is 511. The van der Waals surface area contributed by atoms with Crippen LogP contribution in [0.3, 0.4) is 0 Å². The van der Waals surface area contributed by atoms with Gasteiger partial charge in [0.05, 0.1) is 19.9 Å². The highest BCUT2D eigenvalue weighted by Crippen LogP contribution is 2.24. The van der Waals surface area contributed by atoms with Gasteiger partial charge in [-0.25, -0.2) is 0 Å². The molecule has 0 N–H and O–H groups in total. The second kappa shape index (κ2) is 6.78. The van der Waals surface area contributed by atoms with Gasteiger partial charge in [0, 0.05) is 16.6 Å². The second-order valence-corrected chi connectivity index (χ2v) is 5.25. The minimum atomic E-state index is 0.805. The predicted molar refractivity (Wildman–Crippen MR) is 79.2 cm³/mol. The van der Waals surface area contributed by atoms with E-state index in [1.165, 1.54) is 5.56 Å². The summed E-state index contributed by atoms with van der Waals surface area (Å²) >= 11 is 3.51. The molecule has 0 aliphatic carbocycles. The number of methoxy groups -OCH3 is 1. The molecule has 0 unspecified atom stereocenters. The second-order valence-electron chi connectivity index (χ2n) is 4.34. The number of nitrogens with zero attached hydrogens (tertiary/aromatic N) is 1. The topological polar surface area (TPSA) is 25.6 Å². The Kier molecular flexibility index (Phi) is 5.05. The number of rotatable bonds is 6. The number of hydrogen-bond acceptors (Lipinski definition) is 3. The molecule has 0 atom stereocenters. The largest absolute Gasteiger partial charge is 0.496 e. The van der Waals surface area contributed by atoms with Crippen LogP contribution in [0.2, 0.25) is 0 Å². The number of ether oxygens (including phenoxy) is 1. The molecule has 0 aliphatic rings. The summed E-state index contributed by atoms with van der Waals surface area (Å²) in [4.78, 5) is 2.31. The lowest BCUT2D eigenvalue weighted by atomic mass is 10.2. The minimum Gasteiger partial charge on any atom is -0.496 e. The van der Waals surface area contributed by atoms with Crippen molar-refractivity contribution in [2.24, 2.45) is 0 Å². The van der Waals surface area contributed by atoms with E-state index in [0.29, 0.717) is 0 Å². The first-order valence-electron chi connectivity index (χ1n) is 6.30. The maximum Gasteiger partial charge on any atom is 0.123 e. The molecule has 0 bridgehead atoms. The van der Waals surface area contributed by atoms with Crippen LogP contribution in [0.4, 0.5) is 0 Å². The summed E-state index contributed by atoms with van der Waals surface area (Å²) in [7, 11) is 1.70. The lowest BCUT2D eigenvalue weighted by Crippen LogP contribution is -2.22. The maximum atomic E-state index is 5.41. The summed E-state index contributed by atoms with van der Waals surface area (Å²) in [6.07, 6.45) is 1.71. The Morgan fingerprint density at radius 2 is 2.11 bits per heavy atom. The highest BCUT2D eigenvalue weighted by molar-refractivity contribution is 9.10. The number of hydrogen-bond donors (Lipinski definition) is 0. The third-order valence-corrected chi connectivity index (χ3v) is 3.54. The van der Waals surface area contributed by atoms with Crippen molar-refractivity contribution in [3.63, 3.8) is 0 Å². The van der Waals surface area contributed by atoms with Gasteiger partial charge < -0.3 is 9.15 Å². The van der Waals surface area contributed by atoms with Gasteiger partial charge >= 0.3 is 0 Å². The molecule has 2 rings (SSSR count). The Hall–Kier alpha value is -1.26. The van der Waals surface area contributed by atoms with E-state index in [9.17, 15) is 0 Å². The van der Waals surface area contributed by atoms with Gasteiger partial charge in [0.25, 0.3) is 0 Å². The molecule has 0 aliphatic heterocycles. The van der Waals surface area contributed by atoms with Crippen LogP contribution in [0, 0.1) is 0 Å². The van der Waals surface area contributed by atoms with E-state index in [4.69, 9.17) is 9.15 Å². The highest BCUT2D eigenvalue weighted by Gasteiger charge is 2.10. The fourth-order valence-electron chi connectivity index (χ4n) is 2.01. The zero-order valence-electron chi connectivity index (χ0n) is 11.2. The van der Waals surface area contributed by atoms with Crippen LogP contribution in [0.25, 0.3) is 0 Å². The van der Waals surface area contributed by atoms with Gasteiger partial charge in [-0.05, 0) is 36.9 Å². The van der Waals surface area contributed by atoms with Gasteiger partial charge in [0.1, 0.15) is 11.5 Å². The Morgan fingerprint density at radius 3 is 2.74 bits per heavy atom. The molecule has 0 amide bonds. The van der Waals surface area contributed by atoms with Gasteiger partial charge in [0.2, 0.25) is 0 Å². The molecule has 0 radical (unpaired) electrons. The molecule has 0 saturated heterocycles. The first-order chi connectivity index (χ1) is 9.22. The van der Waals surface area contributed by atoms with Gasteiger partial charge in [0.15, 0.2) is 0 Å². The summed E-state index contributed by atoms with van der Waals surface area (Å²) in [5.74, 6) is 1.90. The molecule has 2 aromatic rings. The van der Waals surface area contributed by atoms with Crippen LogP contribution in [-0.4, -0.2) is 18.6 Å². The number of furan rings is 1. The van der Waals surface area contributed by atoms with E-state index in [0.717, 1.165) is 35.6 Å². The molecule has 1 aromatic heterocycles. The molecule has 0 saturated carbocycles. The van der Waals surface area contributed by atoms with Crippen molar-refractivity contribution in [2.75, 3.05) is 13.7 Å². The summed E-state index contributed by atoms with van der Waals surface area (Å²) in [5, 5.41) is 0. The van der Waals surface area contributed by atoms with E-state index >= 15 is 0 Å². The maximum absolute atomic E-state index is 5.41. The van der Waals surface area contributed by atoms with Crippen molar-refractivity contribution in [3.05, 3.63) is 52.4 Å². The van der Waals surface area contributed by atoms with Crippen LogP contribution >= 0.6 is 15.9 Å². The van der Waals surface area contributed by atoms with E-state index in [1.807, 2.05) is 24.3 Å². The molecular formula is C15H18BrNO2. The van der Waals surface area contributed by atoms with Crippen molar-refractivity contribution < 1.29 is 9.15 Å². The van der Waals surface area contributed by atoms with Crippen LogP contribution in [0.5, 0.6) is 5.75 Å². The normalized spacial score (nSPS) is 10.9. The predicted octanol–water partition coefficient (Wildman–Crippen LogP) is 4.07. The van der Waals surface area contributed by atoms with Crippen LogP contribution in [0.1, 0.15) is 18.2 Å². The van der Waals surface area contributed by atoms with Crippen molar-refractivity contribution in [1.82, 2.24) is 4.90 Å². The summed E-state index contributed by atoms with van der Waals surface area (Å²) in [6.45, 7) is 4.74. The Balaban J connectivity index is 2.11. The average Bonchev–Trinajstić information content (AvgIpc) is 2.91. The molecule has 1 heterocycles. The molecule has 4 heteroatoms. The lowest BCUT2D eigenvalue weighted by molar-refractivity contribution is 0.244. The first kappa shape index (κ1) is 14.2. The van der Waals surface area contributed by atoms with Gasteiger partial charge in [-0.3, -0.25) is 4.90 Å². The smallest absolute Gasteiger partial charge is 0.123 e. The third-order valence-electron chi connectivity index (χ3n) is 3.04. The molecule has 102 valence electrons. The lowest BCUT2D eigenvalue weighted by Gasteiger charge is -2.20. The zero-order valence-corrected chi connectivity index (χ0v) is 12.8. The van der Waals surface area contributed by atoms with Gasteiger partial charge in [-0.2, -0.15) is 0 Å². The van der Waals surface area contributed by atoms with Gasteiger partial charge in [-0.1, -0.05) is 22.9 Å². The summed E-state index contributed by atoms with van der Waals surface area (Å²) in [6, 6.07) is 10.00. The van der Waals surface area contributed by atoms with Crippen LogP contribution in [0.15, 0.2) is 45.5 Å². The molecule has 0 fully saturated rings. The van der Waals surface area contributed by atoms with E-state index in [-0.39, 0.29) is 0 Å². The van der Waals surface area contributed by atoms with Crippen molar-refractivity contribution >= 4 is 15.9 Å². The average molecular weight is 324 g/mol. The fourth-order valence-corrected chi connectivity index (χ4v) is 2.42. The molecular weight excluding hydrogens is 306 g/mol. The van der Waals surface area contributed by atoms with Crippen LogP contribution < -0.4 is 4.74 Å². The van der Waals surface area contributed by atoms with Gasteiger partial charge in [-0.15, -0.1) is 0 Å². The monoisotopic (exact) mass is 323 g/mol. The Labute approximate surface area is 122 Å². The third kappa shape index (κ3) is 3.85. The number of benzene rings is 1. The molecule has 19 heavy (non-hydrogen) atoms. The van der Waals surface area contributed by atoms with Crippen molar-refractivity contribution in [1.29, 1.82) is 0 Å². The highest BCUT2D eigenvalue weighted by atomic mass is 79.9. The van der Waals surface area contributed by atoms with E-state index in [1.54, 1.807) is 13.4 Å². The van der Waals surface area contributed by atoms with Crippen molar-refractivity contribution in [2.45, 2.75) is 20.0 Å². The Morgan fingerprint density at radius 1 is 1.26 bits per heavy atom.